The van der Waals surface area contributed by atoms with Crippen LogP contribution in [0.15, 0.2) is 24.3 Å². The van der Waals surface area contributed by atoms with Gasteiger partial charge in [0.1, 0.15) is 0 Å². The van der Waals surface area contributed by atoms with E-state index in [-0.39, 0.29) is 30.0 Å². The molecule has 1 saturated heterocycles. The number of hydrogen-bond acceptors (Lipinski definition) is 4. The summed E-state index contributed by atoms with van der Waals surface area (Å²) in [5, 5.41) is 5.85. The lowest BCUT2D eigenvalue weighted by Crippen LogP contribution is -2.45. The van der Waals surface area contributed by atoms with Crippen LogP contribution in [0.25, 0.3) is 0 Å². The van der Waals surface area contributed by atoms with Crippen LogP contribution in [0.5, 0.6) is 0 Å². The van der Waals surface area contributed by atoms with Crippen LogP contribution in [-0.4, -0.2) is 49.4 Å². The van der Waals surface area contributed by atoms with Crippen molar-refractivity contribution in [1.82, 2.24) is 14.9 Å². The van der Waals surface area contributed by atoms with Crippen LogP contribution in [0.2, 0.25) is 0 Å². The highest BCUT2D eigenvalue weighted by Crippen LogP contribution is 2.21. The second-order valence-corrected chi connectivity index (χ2v) is 9.76. The topological polar surface area (TPSA) is 95.6 Å². The van der Waals surface area contributed by atoms with Crippen molar-refractivity contribution < 1.29 is 18.0 Å². The first kappa shape index (κ1) is 20.8. The van der Waals surface area contributed by atoms with Gasteiger partial charge in [-0.05, 0) is 49.8 Å². The van der Waals surface area contributed by atoms with Crippen LogP contribution in [0.1, 0.15) is 54.9 Å². The van der Waals surface area contributed by atoms with Crippen molar-refractivity contribution in [3.05, 3.63) is 35.4 Å². The smallest absolute Gasteiger partial charge is 0.251 e. The number of rotatable bonds is 8. The average Bonchev–Trinajstić information content (AvgIpc) is 3.50. The van der Waals surface area contributed by atoms with Gasteiger partial charge < -0.3 is 10.6 Å². The maximum absolute atomic E-state index is 12.5. The molecule has 7 nitrogen and oxygen atoms in total. The summed E-state index contributed by atoms with van der Waals surface area (Å²) in [7, 11) is -3.27. The summed E-state index contributed by atoms with van der Waals surface area (Å²) < 4.78 is 26.0. The minimum Gasteiger partial charge on any atom is -0.352 e. The van der Waals surface area contributed by atoms with Crippen molar-refractivity contribution in [3.8, 4) is 0 Å². The van der Waals surface area contributed by atoms with Gasteiger partial charge in [0.05, 0.1) is 11.7 Å². The summed E-state index contributed by atoms with van der Waals surface area (Å²) in [6.07, 6.45) is 4.07. The first-order valence-electron chi connectivity index (χ1n) is 10.0. The molecule has 1 unspecified atom stereocenters. The molecule has 8 heteroatoms. The molecule has 0 bridgehead atoms. The van der Waals surface area contributed by atoms with Crippen molar-refractivity contribution >= 4 is 21.8 Å². The van der Waals surface area contributed by atoms with Gasteiger partial charge in [0.2, 0.25) is 15.9 Å². The lowest BCUT2D eigenvalue weighted by Gasteiger charge is -2.31. The minimum absolute atomic E-state index is 0.0614. The highest BCUT2D eigenvalue weighted by atomic mass is 32.2. The van der Waals surface area contributed by atoms with E-state index in [0.29, 0.717) is 44.0 Å². The van der Waals surface area contributed by atoms with Crippen molar-refractivity contribution in [1.29, 1.82) is 0 Å². The zero-order valence-electron chi connectivity index (χ0n) is 16.3. The fourth-order valence-corrected chi connectivity index (χ4v) is 4.99. The first-order chi connectivity index (χ1) is 13.4. The monoisotopic (exact) mass is 407 g/mol. The molecule has 1 aliphatic carbocycles. The molecule has 1 aromatic carbocycles. The van der Waals surface area contributed by atoms with E-state index in [0.717, 1.165) is 18.4 Å². The molecule has 2 N–H and O–H groups in total. The van der Waals surface area contributed by atoms with Gasteiger partial charge in [-0.25, -0.2) is 12.7 Å². The van der Waals surface area contributed by atoms with E-state index in [1.807, 2.05) is 19.1 Å². The molecule has 1 aromatic rings. The van der Waals surface area contributed by atoms with Crippen molar-refractivity contribution in [2.24, 2.45) is 5.92 Å². The Kier molecular flexibility index (Phi) is 6.72. The third kappa shape index (κ3) is 5.54. The molecule has 0 radical (unpaired) electrons. The summed E-state index contributed by atoms with van der Waals surface area (Å²) in [5.41, 5.74) is 1.52. The van der Waals surface area contributed by atoms with Gasteiger partial charge >= 0.3 is 0 Å². The average molecular weight is 408 g/mol. The lowest BCUT2D eigenvalue weighted by molar-refractivity contribution is -0.126. The largest absolute Gasteiger partial charge is 0.352 e. The lowest BCUT2D eigenvalue weighted by atomic mass is 9.98. The second-order valence-electron chi connectivity index (χ2n) is 7.68. The third-order valence-corrected chi connectivity index (χ3v) is 7.25. The molecule has 28 heavy (non-hydrogen) atoms. The number of carbonyl (C=O) groups is 2. The number of carbonyl (C=O) groups excluding carboxylic acids is 2. The Hall–Kier alpha value is -1.93. The molecule has 2 amide bonds. The summed E-state index contributed by atoms with van der Waals surface area (Å²) >= 11 is 0. The molecule has 0 aromatic heterocycles. The van der Waals surface area contributed by atoms with E-state index < -0.39 is 10.0 Å². The Morgan fingerprint density at radius 2 is 1.86 bits per heavy atom. The Morgan fingerprint density at radius 1 is 1.14 bits per heavy atom. The van der Waals surface area contributed by atoms with Gasteiger partial charge in [-0.2, -0.15) is 0 Å². The molecule has 1 atom stereocenters. The summed E-state index contributed by atoms with van der Waals surface area (Å²) in [5.74, 6) is -0.369. The Morgan fingerprint density at radius 3 is 2.50 bits per heavy atom. The standard InChI is InChI=1S/C20H29N3O4S/c1-2-12-28(26,27)23-11-3-4-17(14-23)19(24)21-13-15-5-7-16(8-6-15)20(25)22-18-9-10-18/h5-8,17-18H,2-4,9-14H2,1H3,(H,21,24)(H,22,25). The molecule has 0 spiro atoms. The van der Waals surface area contributed by atoms with Crippen LogP contribution >= 0.6 is 0 Å². The maximum Gasteiger partial charge on any atom is 0.251 e. The molecule has 3 rings (SSSR count). The van der Waals surface area contributed by atoms with Crippen molar-refractivity contribution in [2.45, 2.75) is 51.6 Å². The number of amides is 2. The van der Waals surface area contributed by atoms with Gasteiger partial charge in [0.15, 0.2) is 0 Å². The quantitative estimate of drug-likeness (QED) is 0.685. The minimum atomic E-state index is -3.27. The van der Waals surface area contributed by atoms with Crippen LogP contribution in [0.4, 0.5) is 0 Å². The van der Waals surface area contributed by atoms with Gasteiger partial charge in [0.25, 0.3) is 5.91 Å². The van der Waals surface area contributed by atoms with E-state index in [9.17, 15) is 18.0 Å². The van der Waals surface area contributed by atoms with Crippen molar-refractivity contribution in [2.75, 3.05) is 18.8 Å². The Labute approximate surface area is 166 Å². The van der Waals surface area contributed by atoms with E-state index >= 15 is 0 Å². The number of benzene rings is 1. The first-order valence-corrected chi connectivity index (χ1v) is 11.7. The maximum atomic E-state index is 12.5. The highest BCUT2D eigenvalue weighted by Gasteiger charge is 2.31. The molecule has 1 aliphatic heterocycles. The predicted octanol–water partition coefficient (Wildman–Crippen LogP) is 1.65. The predicted molar refractivity (Wildman–Crippen MR) is 107 cm³/mol. The summed E-state index contributed by atoms with van der Waals surface area (Å²) in [4.78, 5) is 24.5. The Balaban J connectivity index is 1.49. The number of sulfonamides is 1. The molecule has 2 fully saturated rings. The second kappa shape index (κ2) is 9.05. The van der Waals surface area contributed by atoms with E-state index in [1.165, 1.54) is 4.31 Å². The number of piperidine rings is 1. The Bertz CT molecular complexity index is 803. The normalized spacial score (nSPS) is 20.5. The van der Waals surface area contributed by atoms with E-state index in [2.05, 4.69) is 10.6 Å². The third-order valence-electron chi connectivity index (χ3n) is 5.21. The van der Waals surface area contributed by atoms with Gasteiger partial charge in [-0.3, -0.25) is 9.59 Å². The fourth-order valence-electron chi connectivity index (χ4n) is 3.40. The van der Waals surface area contributed by atoms with Gasteiger partial charge in [0, 0.05) is 31.2 Å². The molecule has 154 valence electrons. The van der Waals surface area contributed by atoms with Gasteiger partial charge in [-0.1, -0.05) is 19.1 Å². The molecular weight excluding hydrogens is 378 g/mol. The molecular formula is C20H29N3O4S. The SMILES string of the molecule is CCCS(=O)(=O)N1CCCC(C(=O)NCc2ccc(C(=O)NC3CC3)cc2)C1. The van der Waals surface area contributed by atoms with Gasteiger partial charge in [-0.15, -0.1) is 0 Å². The summed E-state index contributed by atoms with van der Waals surface area (Å²) in [6, 6.07) is 7.52. The molecule has 1 heterocycles. The zero-order valence-corrected chi connectivity index (χ0v) is 17.1. The van der Waals surface area contributed by atoms with Crippen LogP contribution < -0.4 is 10.6 Å². The summed E-state index contributed by atoms with van der Waals surface area (Å²) in [6.45, 7) is 2.96. The van der Waals surface area contributed by atoms with Crippen LogP contribution in [0, 0.1) is 5.92 Å². The van der Waals surface area contributed by atoms with E-state index in [4.69, 9.17) is 0 Å². The molecule has 2 aliphatic rings. The van der Waals surface area contributed by atoms with Crippen molar-refractivity contribution in [3.63, 3.8) is 0 Å². The van der Waals surface area contributed by atoms with Crippen LogP contribution in [-0.2, 0) is 21.4 Å². The van der Waals surface area contributed by atoms with Crippen LogP contribution in [0.3, 0.4) is 0 Å². The highest BCUT2D eigenvalue weighted by molar-refractivity contribution is 7.89. The fraction of sp³-hybridized carbons (Fsp3) is 0.600. The number of nitrogens with one attached hydrogen (secondary N) is 2. The zero-order chi connectivity index (χ0) is 20.1. The number of hydrogen-bond donors (Lipinski definition) is 2. The number of nitrogens with zero attached hydrogens (tertiary/aromatic N) is 1. The molecule has 1 saturated carbocycles. The van der Waals surface area contributed by atoms with E-state index in [1.54, 1.807) is 12.1 Å².